The van der Waals surface area contributed by atoms with Crippen LogP contribution < -0.4 is 0 Å². The van der Waals surface area contributed by atoms with Crippen LogP contribution in [0.4, 0.5) is 0 Å². The number of rotatable bonds is 4. The van der Waals surface area contributed by atoms with Gasteiger partial charge in [-0.1, -0.05) is 39.3 Å². The number of hydrogen-bond donors (Lipinski definition) is 1. The van der Waals surface area contributed by atoms with Crippen molar-refractivity contribution < 1.29 is 9.84 Å². The van der Waals surface area contributed by atoms with E-state index in [2.05, 4.69) is 57.3 Å². The van der Waals surface area contributed by atoms with Gasteiger partial charge in [0.2, 0.25) is 0 Å². The molecule has 4 aliphatic carbocycles. The molecule has 2 unspecified atom stereocenters. The standard InChI is InChI=1S/C30H48O2S2/c1-18(28-33-14-5-15-34-28)6-9-25-19(2)27-26(32-25)17-24-22-8-7-20-16-21(31)10-12-29(20,3)23(22)11-13-30(24,27)4/h7,18-19,21-28,31H,5-6,8-17H2,1-4H3/t18?,19-,21+,22-,23+,24+,25?,26+,27+,29+,30+/m1/s1. The molecule has 5 fully saturated rings. The van der Waals surface area contributed by atoms with Crippen molar-refractivity contribution in [3.8, 4) is 0 Å². The second-order valence-corrected chi connectivity index (χ2v) is 16.3. The number of hydrogen-bond acceptors (Lipinski definition) is 4. The monoisotopic (exact) mass is 504 g/mol. The Morgan fingerprint density at radius 1 is 1.15 bits per heavy atom. The highest BCUT2D eigenvalue weighted by Crippen LogP contribution is 2.69. The predicted molar refractivity (Wildman–Crippen MR) is 146 cm³/mol. The van der Waals surface area contributed by atoms with E-state index in [1.54, 1.807) is 5.57 Å². The fourth-order valence-corrected chi connectivity index (χ4v) is 13.2. The molecule has 34 heavy (non-hydrogen) atoms. The molecule has 3 saturated carbocycles. The third-order valence-corrected chi connectivity index (χ3v) is 15.3. The average molecular weight is 505 g/mol. The molecule has 6 rings (SSSR count). The third kappa shape index (κ3) is 3.90. The Bertz CT molecular complexity index is 793. The lowest BCUT2D eigenvalue weighted by molar-refractivity contribution is -0.0589. The zero-order valence-corrected chi connectivity index (χ0v) is 23.6. The highest BCUT2D eigenvalue weighted by Gasteiger charge is 2.64. The first-order valence-corrected chi connectivity index (χ1v) is 16.7. The van der Waals surface area contributed by atoms with E-state index in [1.165, 1.54) is 62.9 Å². The largest absolute Gasteiger partial charge is 0.393 e. The summed E-state index contributed by atoms with van der Waals surface area (Å²) in [6.45, 7) is 10.3. The molecule has 0 aromatic heterocycles. The smallest absolute Gasteiger partial charge is 0.0618 e. The van der Waals surface area contributed by atoms with Crippen LogP contribution in [-0.4, -0.2) is 39.5 Å². The van der Waals surface area contributed by atoms with E-state index in [9.17, 15) is 5.11 Å². The van der Waals surface area contributed by atoms with Crippen LogP contribution in [-0.2, 0) is 4.74 Å². The minimum absolute atomic E-state index is 0.0974. The number of aliphatic hydroxyl groups excluding tert-OH is 1. The first-order chi connectivity index (χ1) is 16.3. The average Bonchev–Trinajstić information content (AvgIpc) is 3.31. The van der Waals surface area contributed by atoms with E-state index in [4.69, 9.17) is 4.74 Å². The SMILES string of the molecule is CC(CCC1O[C@H]2C[C@H]3[C@@H]4CC=C5C[C@@H](O)CC[C@]5(C)[C@H]4CC[C@]3(C)[C@H]2[C@@H]1C)C1SCCCS1. The van der Waals surface area contributed by atoms with Gasteiger partial charge in [-0.25, -0.2) is 0 Å². The second-order valence-electron chi connectivity index (χ2n) is 13.6. The fourth-order valence-electron chi connectivity index (χ4n) is 10.1. The summed E-state index contributed by atoms with van der Waals surface area (Å²) in [7, 11) is 0. The normalized spacial score (nSPS) is 51.7. The van der Waals surface area contributed by atoms with Crippen molar-refractivity contribution in [1.29, 1.82) is 0 Å². The Labute approximate surface area is 217 Å². The van der Waals surface area contributed by atoms with Crippen molar-refractivity contribution in [2.75, 3.05) is 11.5 Å². The molecular weight excluding hydrogens is 456 g/mol. The van der Waals surface area contributed by atoms with Crippen molar-refractivity contribution in [3.05, 3.63) is 11.6 Å². The lowest BCUT2D eigenvalue weighted by atomic mass is 9.47. The third-order valence-electron chi connectivity index (χ3n) is 11.9. The molecule has 0 amide bonds. The molecule has 11 atom stereocenters. The molecule has 2 saturated heterocycles. The van der Waals surface area contributed by atoms with Crippen molar-refractivity contribution >= 4 is 23.5 Å². The Hall–Kier alpha value is 0.360. The number of allylic oxidation sites excluding steroid dienone is 1. The quantitative estimate of drug-likeness (QED) is 0.400. The van der Waals surface area contributed by atoms with E-state index in [-0.39, 0.29) is 6.10 Å². The minimum Gasteiger partial charge on any atom is -0.393 e. The van der Waals surface area contributed by atoms with Gasteiger partial charge in [0.15, 0.2) is 0 Å². The highest BCUT2D eigenvalue weighted by atomic mass is 32.2. The zero-order valence-electron chi connectivity index (χ0n) is 22.0. The van der Waals surface area contributed by atoms with Crippen molar-refractivity contribution in [2.45, 2.75) is 115 Å². The maximum atomic E-state index is 10.3. The van der Waals surface area contributed by atoms with Crippen LogP contribution in [0.5, 0.6) is 0 Å². The maximum Gasteiger partial charge on any atom is 0.0618 e. The van der Waals surface area contributed by atoms with Gasteiger partial charge >= 0.3 is 0 Å². The Balaban J connectivity index is 1.13. The van der Waals surface area contributed by atoms with Gasteiger partial charge in [0.05, 0.1) is 22.9 Å². The summed E-state index contributed by atoms with van der Waals surface area (Å²) in [6, 6.07) is 0. The molecule has 4 heteroatoms. The summed E-state index contributed by atoms with van der Waals surface area (Å²) >= 11 is 4.41. The summed E-state index contributed by atoms with van der Waals surface area (Å²) in [6.07, 6.45) is 16.0. The lowest BCUT2D eigenvalue weighted by Gasteiger charge is -2.58. The number of thioether (sulfide) groups is 2. The van der Waals surface area contributed by atoms with Crippen LogP contribution >= 0.6 is 23.5 Å². The van der Waals surface area contributed by atoms with Crippen LogP contribution in [0.25, 0.3) is 0 Å². The first kappa shape index (κ1) is 24.7. The second kappa shape index (κ2) is 9.28. The Morgan fingerprint density at radius 3 is 2.74 bits per heavy atom. The Kier molecular flexibility index (Phi) is 6.74. The van der Waals surface area contributed by atoms with E-state index < -0.39 is 0 Å². The molecule has 0 radical (unpaired) electrons. The summed E-state index contributed by atoms with van der Waals surface area (Å²) in [5.41, 5.74) is 2.42. The summed E-state index contributed by atoms with van der Waals surface area (Å²) in [5, 5.41) is 10.3. The van der Waals surface area contributed by atoms with Crippen molar-refractivity contribution in [3.63, 3.8) is 0 Å². The molecule has 192 valence electrons. The number of aliphatic hydroxyl groups is 1. The molecule has 0 bridgehead atoms. The van der Waals surface area contributed by atoms with Gasteiger partial charge in [-0.2, -0.15) is 0 Å². The molecule has 6 aliphatic rings. The van der Waals surface area contributed by atoms with E-state index in [0.29, 0.717) is 29.0 Å². The summed E-state index contributed by atoms with van der Waals surface area (Å²) in [4.78, 5) is 0. The fraction of sp³-hybridized carbons (Fsp3) is 0.933. The van der Waals surface area contributed by atoms with Gasteiger partial charge in [0.1, 0.15) is 0 Å². The van der Waals surface area contributed by atoms with E-state index in [0.717, 1.165) is 47.0 Å². The molecule has 2 aliphatic heterocycles. The zero-order chi connectivity index (χ0) is 23.7. The minimum atomic E-state index is -0.0974. The van der Waals surface area contributed by atoms with Gasteiger partial charge < -0.3 is 9.84 Å². The van der Waals surface area contributed by atoms with Crippen molar-refractivity contribution in [2.24, 2.45) is 46.3 Å². The van der Waals surface area contributed by atoms with Crippen LogP contribution in [0, 0.1) is 46.3 Å². The molecule has 0 aromatic rings. The van der Waals surface area contributed by atoms with Gasteiger partial charge in [0.25, 0.3) is 0 Å². The van der Waals surface area contributed by atoms with Gasteiger partial charge in [0, 0.05) is 0 Å². The van der Waals surface area contributed by atoms with E-state index in [1.807, 2.05) is 0 Å². The van der Waals surface area contributed by atoms with E-state index >= 15 is 0 Å². The Morgan fingerprint density at radius 2 is 1.94 bits per heavy atom. The van der Waals surface area contributed by atoms with Crippen LogP contribution in [0.15, 0.2) is 11.6 Å². The van der Waals surface area contributed by atoms with Crippen LogP contribution in [0.2, 0.25) is 0 Å². The van der Waals surface area contributed by atoms with Crippen molar-refractivity contribution in [1.82, 2.24) is 0 Å². The number of fused-ring (bicyclic) bond motifs is 7. The molecule has 2 heterocycles. The lowest BCUT2D eigenvalue weighted by Crippen LogP contribution is -2.51. The molecular formula is C30H48O2S2. The molecule has 1 N–H and O–H groups in total. The summed E-state index contributed by atoms with van der Waals surface area (Å²) in [5.74, 6) is 7.51. The molecule has 2 nitrogen and oxygen atoms in total. The topological polar surface area (TPSA) is 29.5 Å². The highest BCUT2D eigenvalue weighted by molar-refractivity contribution is 8.17. The van der Waals surface area contributed by atoms with Gasteiger partial charge in [-0.15, -0.1) is 23.5 Å². The number of ether oxygens (including phenoxy) is 1. The molecule has 0 spiro atoms. The first-order valence-electron chi connectivity index (χ1n) is 14.6. The van der Waals surface area contributed by atoms with Crippen LogP contribution in [0.3, 0.4) is 0 Å². The summed E-state index contributed by atoms with van der Waals surface area (Å²) < 4.78 is 7.77. The maximum absolute atomic E-state index is 10.3. The van der Waals surface area contributed by atoms with Gasteiger partial charge in [-0.05, 0) is 122 Å². The molecule has 0 aromatic carbocycles. The predicted octanol–water partition coefficient (Wildman–Crippen LogP) is 7.55. The van der Waals surface area contributed by atoms with Crippen LogP contribution in [0.1, 0.15) is 91.9 Å². The van der Waals surface area contributed by atoms with Gasteiger partial charge in [-0.3, -0.25) is 0 Å².